The van der Waals surface area contributed by atoms with Crippen molar-refractivity contribution in [2.45, 2.75) is 25.7 Å². The number of hydrogen-bond acceptors (Lipinski definition) is 2. The van der Waals surface area contributed by atoms with E-state index >= 15 is 0 Å². The SMILES string of the molecule is [CH2]CCCCc1nc2cccnc2n1-c1ccccc1. The Kier molecular flexibility index (Phi) is 3.77. The van der Waals surface area contributed by atoms with Crippen molar-refractivity contribution in [3.05, 3.63) is 61.4 Å². The molecule has 0 saturated heterocycles. The fourth-order valence-electron chi connectivity index (χ4n) is 2.44. The predicted octanol–water partition coefficient (Wildman–Crippen LogP) is 3.97. The molecule has 2 heterocycles. The van der Waals surface area contributed by atoms with Crippen LogP contribution in [-0.2, 0) is 6.42 Å². The second kappa shape index (κ2) is 5.87. The van der Waals surface area contributed by atoms with Gasteiger partial charge in [-0.3, -0.25) is 4.57 Å². The largest absolute Gasteiger partial charge is 0.281 e. The average Bonchev–Trinajstić information content (AvgIpc) is 2.86. The van der Waals surface area contributed by atoms with Crippen LogP contribution in [0.3, 0.4) is 0 Å². The van der Waals surface area contributed by atoms with Gasteiger partial charge in [-0.05, 0) is 30.7 Å². The zero-order valence-corrected chi connectivity index (χ0v) is 11.5. The summed E-state index contributed by atoms with van der Waals surface area (Å²) in [6, 6.07) is 14.3. The van der Waals surface area contributed by atoms with Gasteiger partial charge < -0.3 is 0 Å². The Morgan fingerprint density at radius 3 is 2.65 bits per heavy atom. The predicted molar refractivity (Wildman–Crippen MR) is 81.8 cm³/mol. The first-order chi connectivity index (χ1) is 9.90. The number of imidazole rings is 1. The van der Waals surface area contributed by atoms with Gasteiger partial charge in [0.1, 0.15) is 11.3 Å². The fraction of sp³-hybridized carbons (Fsp3) is 0.235. The zero-order chi connectivity index (χ0) is 13.8. The molecule has 101 valence electrons. The molecular weight excluding hydrogens is 246 g/mol. The normalized spacial score (nSPS) is 11.1. The molecule has 3 rings (SSSR count). The third-order valence-electron chi connectivity index (χ3n) is 3.40. The summed E-state index contributed by atoms with van der Waals surface area (Å²) >= 11 is 0. The highest BCUT2D eigenvalue weighted by Crippen LogP contribution is 2.20. The van der Waals surface area contributed by atoms with Crippen molar-refractivity contribution >= 4 is 11.2 Å². The van der Waals surface area contributed by atoms with Gasteiger partial charge in [0, 0.05) is 18.3 Å². The maximum Gasteiger partial charge on any atom is 0.164 e. The maximum absolute atomic E-state index is 4.74. The van der Waals surface area contributed by atoms with Crippen molar-refractivity contribution in [3.63, 3.8) is 0 Å². The molecule has 0 aliphatic rings. The Morgan fingerprint density at radius 2 is 1.85 bits per heavy atom. The monoisotopic (exact) mass is 264 g/mol. The molecule has 0 N–H and O–H groups in total. The molecule has 0 unspecified atom stereocenters. The molecule has 0 fully saturated rings. The summed E-state index contributed by atoms with van der Waals surface area (Å²) in [7, 11) is 0. The lowest BCUT2D eigenvalue weighted by atomic mass is 10.2. The van der Waals surface area contributed by atoms with Gasteiger partial charge >= 0.3 is 0 Å². The van der Waals surface area contributed by atoms with Crippen LogP contribution in [0.5, 0.6) is 0 Å². The van der Waals surface area contributed by atoms with Gasteiger partial charge in [-0.2, -0.15) is 0 Å². The van der Waals surface area contributed by atoms with Gasteiger partial charge in [-0.25, -0.2) is 9.97 Å². The second-order valence-electron chi connectivity index (χ2n) is 4.86. The molecule has 0 spiro atoms. The van der Waals surface area contributed by atoms with Gasteiger partial charge in [0.2, 0.25) is 0 Å². The van der Waals surface area contributed by atoms with Crippen molar-refractivity contribution in [1.29, 1.82) is 0 Å². The van der Waals surface area contributed by atoms with Crippen molar-refractivity contribution in [1.82, 2.24) is 14.5 Å². The number of hydrogen-bond donors (Lipinski definition) is 0. The van der Waals surface area contributed by atoms with Crippen LogP contribution in [0.15, 0.2) is 48.7 Å². The molecule has 1 aromatic carbocycles. The Hall–Kier alpha value is -2.16. The highest BCUT2D eigenvalue weighted by molar-refractivity contribution is 5.73. The first kappa shape index (κ1) is 12.9. The van der Waals surface area contributed by atoms with Gasteiger partial charge in [0.25, 0.3) is 0 Å². The number of fused-ring (bicyclic) bond motifs is 1. The van der Waals surface area contributed by atoms with Crippen LogP contribution >= 0.6 is 0 Å². The molecule has 2 aromatic heterocycles. The van der Waals surface area contributed by atoms with Crippen LogP contribution in [0, 0.1) is 6.92 Å². The van der Waals surface area contributed by atoms with Crippen LogP contribution in [-0.4, -0.2) is 14.5 Å². The Balaban J connectivity index is 2.09. The van der Waals surface area contributed by atoms with E-state index in [1.165, 1.54) is 0 Å². The lowest BCUT2D eigenvalue weighted by Gasteiger charge is -2.08. The molecule has 0 amide bonds. The Bertz CT molecular complexity index is 686. The van der Waals surface area contributed by atoms with Crippen LogP contribution in [0.1, 0.15) is 25.1 Å². The number of pyridine rings is 1. The summed E-state index contributed by atoms with van der Waals surface area (Å²) in [4.78, 5) is 9.24. The van der Waals surface area contributed by atoms with Crippen molar-refractivity contribution in [2.24, 2.45) is 0 Å². The number of aromatic nitrogens is 3. The highest BCUT2D eigenvalue weighted by Gasteiger charge is 2.12. The summed E-state index contributed by atoms with van der Waals surface area (Å²) < 4.78 is 2.17. The molecule has 1 radical (unpaired) electrons. The molecule has 3 aromatic rings. The van der Waals surface area contributed by atoms with E-state index in [0.29, 0.717) is 0 Å². The highest BCUT2D eigenvalue weighted by atomic mass is 15.1. The zero-order valence-electron chi connectivity index (χ0n) is 11.5. The van der Waals surface area contributed by atoms with E-state index in [9.17, 15) is 0 Å². The van der Waals surface area contributed by atoms with Crippen molar-refractivity contribution < 1.29 is 0 Å². The minimum absolute atomic E-state index is 0.934. The number of unbranched alkanes of at least 4 members (excludes halogenated alkanes) is 2. The lowest BCUT2D eigenvalue weighted by Crippen LogP contribution is -2.02. The van der Waals surface area contributed by atoms with E-state index < -0.39 is 0 Å². The second-order valence-corrected chi connectivity index (χ2v) is 4.86. The number of benzene rings is 1. The minimum Gasteiger partial charge on any atom is -0.281 e. The Labute approximate surface area is 119 Å². The third kappa shape index (κ3) is 2.44. The van der Waals surface area contributed by atoms with E-state index in [1.54, 1.807) is 0 Å². The van der Waals surface area contributed by atoms with E-state index in [1.807, 2.05) is 36.5 Å². The molecule has 0 bridgehead atoms. The summed E-state index contributed by atoms with van der Waals surface area (Å²) in [5, 5.41) is 0. The summed E-state index contributed by atoms with van der Waals surface area (Å²) in [6.07, 6.45) is 6.00. The molecule has 0 aliphatic carbocycles. The molecule has 0 atom stereocenters. The molecule has 0 aliphatic heterocycles. The van der Waals surface area contributed by atoms with Crippen LogP contribution < -0.4 is 0 Å². The molecular formula is C17H18N3. The summed E-state index contributed by atoms with van der Waals surface area (Å²) in [5.41, 5.74) is 3.02. The van der Waals surface area contributed by atoms with Gasteiger partial charge in [0.15, 0.2) is 5.65 Å². The Morgan fingerprint density at radius 1 is 1.00 bits per heavy atom. The summed E-state index contributed by atoms with van der Waals surface area (Å²) in [6.45, 7) is 3.90. The van der Waals surface area contributed by atoms with Crippen LogP contribution in [0.25, 0.3) is 16.9 Å². The molecule has 3 heteroatoms. The van der Waals surface area contributed by atoms with E-state index in [-0.39, 0.29) is 0 Å². The van der Waals surface area contributed by atoms with E-state index in [0.717, 1.165) is 48.4 Å². The first-order valence-electron chi connectivity index (χ1n) is 7.07. The number of aryl methyl sites for hydroxylation is 1. The smallest absolute Gasteiger partial charge is 0.164 e. The van der Waals surface area contributed by atoms with Gasteiger partial charge in [0.05, 0.1) is 0 Å². The third-order valence-corrected chi connectivity index (χ3v) is 3.40. The van der Waals surface area contributed by atoms with Crippen LogP contribution in [0.2, 0.25) is 0 Å². The number of rotatable bonds is 5. The minimum atomic E-state index is 0.934. The van der Waals surface area contributed by atoms with Crippen LogP contribution in [0.4, 0.5) is 0 Å². The molecule has 0 saturated carbocycles. The maximum atomic E-state index is 4.74. The molecule has 20 heavy (non-hydrogen) atoms. The van der Waals surface area contributed by atoms with Gasteiger partial charge in [-0.15, -0.1) is 0 Å². The fourth-order valence-corrected chi connectivity index (χ4v) is 2.44. The number of para-hydroxylation sites is 1. The van der Waals surface area contributed by atoms with E-state index in [4.69, 9.17) is 4.98 Å². The quantitative estimate of drug-likeness (QED) is 0.653. The number of nitrogens with zero attached hydrogens (tertiary/aromatic N) is 3. The van der Waals surface area contributed by atoms with E-state index in [2.05, 4.69) is 28.6 Å². The average molecular weight is 264 g/mol. The van der Waals surface area contributed by atoms with Gasteiger partial charge in [-0.1, -0.05) is 38.0 Å². The van der Waals surface area contributed by atoms with Crippen molar-refractivity contribution in [2.75, 3.05) is 0 Å². The lowest BCUT2D eigenvalue weighted by molar-refractivity contribution is 0.709. The summed E-state index contributed by atoms with van der Waals surface area (Å²) in [5.74, 6) is 1.08. The standard InChI is InChI=1S/C17H18N3/c1-2-3-5-12-16-19-15-11-8-13-18-17(15)20(16)14-9-6-4-7-10-14/h4,6-11,13H,1-3,5,12H2. The first-order valence-corrected chi connectivity index (χ1v) is 7.07. The topological polar surface area (TPSA) is 30.7 Å². The molecule has 3 nitrogen and oxygen atoms in total. The van der Waals surface area contributed by atoms with Crippen molar-refractivity contribution in [3.8, 4) is 5.69 Å².